The minimum atomic E-state index is 0.278. The average molecular weight is 185 g/mol. The summed E-state index contributed by atoms with van der Waals surface area (Å²) in [5, 5.41) is 9.36. The molecule has 0 heterocycles. The fourth-order valence-electron chi connectivity index (χ4n) is 1.13. The molecule has 0 fully saturated rings. The van der Waals surface area contributed by atoms with Gasteiger partial charge in [0, 0.05) is 11.6 Å². The highest BCUT2D eigenvalue weighted by Gasteiger charge is 1.93. The fourth-order valence-corrected chi connectivity index (χ4v) is 1.35. The van der Waals surface area contributed by atoms with Crippen molar-refractivity contribution >= 4 is 11.6 Å². The van der Waals surface area contributed by atoms with Crippen molar-refractivity contribution in [1.82, 2.24) is 0 Å². The van der Waals surface area contributed by atoms with Crippen molar-refractivity contribution in [2.24, 2.45) is 0 Å². The van der Waals surface area contributed by atoms with E-state index in [1.807, 2.05) is 18.2 Å². The smallest absolute Gasteiger partial charge is 0.0431 e. The molecule has 0 amide bonds. The van der Waals surface area contributed by atoms with E-state index in [2.05, 4.69) is 6.07 Å². The van der Waals surface area contributed by atoms with E-state index in [9.17, 15) is 0 Å². The van der Waals surface area contributed by atoms with Gasteiger partial charge >= 0.3 is 0 Å². The summed E-state index contributed by atoms with van der Waals surface area (Å²) >= 11 is 5.81. The van der Waals surface area contributed by atoms with Crippen molar-refractivity contribution in [3.63, 3.8) is 0 Å². The van der Waals surface area contributed by atoms with E-state index < -0.39 is 0 Å². The maximum Gasteiger partial charge on any atom is 0.0431 e. The second-order valence-corrected chi connectivity index (χ2v) is 3.25. The van der Waals surface area contributed by atoms with Crippen LogP contribution < -0.4 is 0 Å². The molecule has 0 unspecified atom stereocenters. The van der Waals surface area contributed by atoms with Crippen molar-refractivity contribution in [2.45, 2.75) is 19.3 Å². The minimum Gasteiger partial charge on any atom is -0.396 e. The number of aliphatic hydroxyl groups excluding tert-OH is 1. The minimum absolute atomic E-state index is 0.278. The van der Waals surface area contributed by atoms with Crippen LogP contribution in [0, 0.1) is 0 Å². The quantitative estimate of drug-likeness (QED) is 0.714. The second kappa shape index (κ2) is 5.18. The molecule has 0 atom stereocenters. The van der Waals surface area contributed by atoms with E-state index in [1.165, 1.54) is 5.56 Å². The molecule has 1 nitrogen and oxygen atoms in total. The van der Waals surface area contributed by atoms with Gasteiger partial charge < -0.3 is 5.11 Å². The number of rotatable bonds is 4. The Labute approximate surface area is 78.0 Å². The number of aryl methyl sites for hydroxylation is 1. The lowest BCUT2D eigenvalue weighted by molar-refractivity contribution is 0.284. The Kier molecular flexibility index (Phi) is 4.12. The van der Waals surface area contributed by atoms with Crippen LogP contribution in [-0.2, 0) is 6.42 Å². The lowest BCUT2D eigenvalue weighted by Gasteiger charge is -1.99. The Balaban J connectivity index is 2.41. The molecule has 0 spiro atoms. The zero-order chi connectivity index (χ0) is 8.81. The van der Waals surface area contributed by atoms with Crippen LogP contribution in [-0.4, -0.2) is 11.7 Å². The van der Waals surface area contributed by atoms with E-state index in [0.717, 1.165) is 24.3 Å². The first-order valence-electron chi connectivity index (χ1n) is 4.18. The first kappa shape index (κ1) is 9.56. The highest BCUT2D eigenvalue weighted by molar-refractivity contribution is 6.30. The zero-order valence-corrected chi connectivity index (χ0v) is 7.72. The number of benzene rings is 1. The number of hydrogen-bond donors (Lipinski definition) is 1. The van der Waals surface area contributed by atoms with Crippen LogP contribution in [0.5, 0.6) is 0 Å². The van der Waals surface area contributed by atoms with Crippen LogP contribution in [0.25, 0.3) is 0 Å². The SMILES string of the molecule is OCCCCc1cccc(Cl)c1. The van der Waals surface area contributed by atoms with Gasteiger partial charge in [0.15, 0.2) is 0 Å². The summed E-state index contributed by atoms with van der Waals surface area (Å²) in [5.74, 6) is 0. The maximum atomic E-state index is 8.57. The summed E-state index contributed by atoms with van der Waals surface area (Å²) in [6, 6.07) is 7.86. The van der Waals surface area contributed by atoms with Crippen LogP contribution in [0.1, 0.15) is 18.4 Å². The Hall–Kier alpha value is -0.530. The molecule has 0 saturated heterocycles. The molecule has 0 aromatic heterocycles. The highest BCUT2D eigenvalue weighted by atomic mass is 35.5. The van der Waals surface area contributed by atoms with Crippen molar-refractivity contribution in [2.75, 3.05) is 6.61 Å². The molecule has 66 valence electrons. The van der Waals surface area contributed by atoms with Gasteiger partial charge in [-0.3, -0.25) is 0 Å². The lowest BCUT2D eigenvalue weighted by atomic mass is 10.1. The monoisotopic (exact) mass is 184 g/mol. The summed E-state index contributed by atoms with van der Waals surface area (Å²) < 4.78 is 0. The summed E-state index contributed by atoms with van der Waals surface area (Å²) in [7, 11) is 0. The van der Waals surface area contributed by atoms with E-state index in [1.54, 1.807) is 0 Å². The second-order valence-electron chi connectivity index (χ2n) is 2.81. The maximum absolute atomic E-state index is 8.57. The van der Waals surface area contributed by atoms with Crippen LogP contribution in [0.2, 0.25) is 5.02 Å². The van der Waals surface area contributed by atoms with Crippen molar-refractivity contribution in [1.29, 1.82) is 0 Å². The van der Waals surface area contributed by atoms with Gasteiger partial charge in [0.1, 0.15) is 0 Å². The molecule has 0 saturated carbocycles. The van der Waals surface area contributed by atoms with Gasteiger partial charge in [-0.15, -0.1) is 0 Å². The molecule has 0 aliphatic rings. The summed E-state index contributed by atoms with van der Waals surface area (Å²) in [6.45, 7) is 0.278. The van der Waals surface area contributed by atoms with Crippen LogP contribution in [0.3, 0.4) is 0 Å². The van der Waals surface area contributed by atoms with Gasteiger partial charge in [-0.25, -0.2) is 0 Å². The zero-order valence-electron chi connectivity index (χ0n) is 6.96. The Morgan fingerprint density at radius 3 is 2.75 bits per heavy atom. The number of halogens is 1. The third-order valence-electron chi connectivity index (χ3n) is 1.76. The van der Waals surface area contributed by atoms with Crippen LogP contribution in [0.15, 0.2) is 24.3 Å². The third kappa shape index (κ3) is 3.24. The molecule has 0 aliphatic heterocycles. The average Bonchev–Trinajstić information content (AvgIpc) is 2.05. The molecule has 12 heavy (non-hydrogen) atoms. The number of unbranched alkanes of at least 4 members (excludes halogenated alkanes) is 1. The summed E-state index contributed by atoms with van der Waals surface area (Å²) in [4.78, 5) is 0. The predicted octanol–water partition coefficient (Wildman–Crippen LogP) is 2.66. The first-order chi connectivity index (χ1) is 5.83. The Bertz CT molecular complexity index is 235. The number of hydrogen-bond acceptors (Lipinski definition) is 1. The standard InChI is InChI=1S/C10H13ClO/c11-10-6-3-5-9(8-10)4-1-2-7-12/h3,5-6,8,12H,1-2,4,7H2. The first-order valence-corrected chi connectivity index (χ1v) is 4.56. The molecule has 1 rings (SSSR count). The molecule has 0 radical (unpaired) electrons. The molecule has 1 aromatic rings. The topological polar surface area (TPSA) is 20.2 Å². The largest absolute Gasteiger partial charge is 0.396 e. The fraction of sp³-hybridized carbons (Fsp3) is 0.400. The van der Waals surface area contributed by atoms with Gasteiger partial charge in [-0.2, -0.15) is 0 Å². The van der Waals surface area contributed by atoms with Crippen molar-refractivity contribution < 1.29 is 5.11 Å². The van der Waals surface area contributed by atoms with Gasteiger partial charge in [0.25, 0.3) is 0 Å². The lowest BCUT2D eigenvalue weighted by Crippen LogP contribution is -1.88. The number of aliphatic hydroxyl groups is 1. The van der Waals surface area contributed by atoms with Crippen LogP contribution in [0.4, 0.5) is 0 Å². The van der Waals surface area contributed by atoms with E-state index in [0.29, 0.717) is 0 Å². The summed E-state index contributed by atoms with van der Waals surface area (Å²) in [6.07, 6.45) is 2.89. The third-order valence-corrected chi connectivity index (χ3v) is 2.00. The van der Waals surface area contributed by atoms with Crippen LogP contribution >= 0.6 is 11.6 Å². The van der Waals surface area contributed by atoms with E-state index in [-0.39, 0.29) is 6.61 Å². The Morgan fingerprint density at radius 1 is 1.25 bits per heavy atom. The van der Waals surface area contributed by atoms with E-state index >= 15 is 0 Å². The molecule has 0 bridgehead atoms. The van der Waals surface area contributed by atoms with Gasteiger partial charge in [-0.1, -0.05) is 23.7 Å². The molecular weight excluding hydrogens is 172 g/mol. The van der Waals surface area contributed by atoms with E-state index in [4.69, 9.17) is 16.7 Å². The summed E-state index contributed by atoms with van der Waals surface area (Å²) in [5.41, 5.74) is 1.25. The highest BCUT2D eigenvalue weighted by Crippen LogP contribution is 2.12. The van der Waals surface area contributed by atoms with Gasteiger partial charge in [0.2, 0.25) is 0 Å². The van der Waals surface area contributed by atoms with Crippen molar-refractivity contribution in [3.05, 3.63) is 34.9 Å². The van der Waals surface area contributed by atoms with Gasteiger partial charge in [0.05, 0.1) is 0 Å². The van der Waals surface area contributed by atoms with Crippen molar-refractivity contribution in [3.8, 4) is 0 Å². The predicted molar refractivity (Wildman–Crippen MR) is 51.5 cm³/mol. The molecule has 2 heteroatoms. The molecular formula is C10H13ClO. The normalized spacial score (nSPS) is 10.2. The molecule has 0 aliphatic carbocycles. The molecule has 1 N–H and O–H groups in total. The molecule has 1 aromatic carbocycles. The van der Waals surface area contributed by atoms with Gasteiger partial charge in [-0.05, 0) is 37.0 Å². The Morgan fingerprint density at radius 2 is 2.08 bits per heavy atom.